The number of aromatic nitrogens is 1. The fourth-order valence-corrected chi connectivity index (χ4v) is 4.15. The molecular formula is C12H10FNO4S2. The van der Waals surface area contributed by atoms with E-state index in [0.717, 1.165) is 17.1 Å². The number of nitrogens with zero attached hydrogens (tertiary/aromatic N) is 1. The molecule has 0 bridgehead atoms. The predicted octanol–water partition coefficient (Wildman–Crippen LogP) is 2.26. The molecule has 8 heteroatoms. The van der Waals surface area contributed by atoms with E-state index in [9.17, 15) is 17.6 Å². The molecule has 0 radical (unpaired) electrons. The lowest BCUT2D eigenvalue weighted by Gasteiger charge is -2.05. The lowest BCUT2D eigenvalue weighted by Crippen LogP contribution is -2.08. The third-order valence-electron chi connectivity index (χ3n) is 2.52. The average Bonchev–Trinajstić information content (AvgIpc) is 2.73. The Kier molecular flexibility index (Phi) is 3.87. The van der Waals surface area contributed by atoms with Crippen LogP contribution in [0.1, 0.15) is 20.2 Å². The van der Waals surface area contributed by atoms with Gasteiger partial charge in [0.1, 0.15) is 10.7 Å². The molecule has 5 nitrogen and oxygen atoms in total. The van der Waals surface area contributed by atoms with Crippen LogP contribution < -0.4 is 0 Å². The first-order valence-electron chi connectivity index (χ1n) is 5.46. The van der Waals surface area contributed by atoms with Gasteiger partial charge in [0.25, 0.3) is 0 Å². The Labute approximate surface area is 118 Å². The Morgan fingerprint density at radius 2 is 2.15 bits per heavy atom. The van der Waals surface area contributed by atoms with Crippen LogP contribution in [0.25, 0.3) is 0 Å². The van der Waals surface area contributed by atoms with Crippen molar-refractivity contribution in [1.82, 2.24) is 4.98 Å². The molecular weight excluding hydrogens is 305 g/mol. The molecule has 0 saturated carbocycles. The van der Waals surface area contributed by atoms with E-state index in [-0.39, 0.29) is 11.3 Å². The molecule has 1 aromatic carbocycles. The normalized spacial score (nSPS) is 11.5. The van der Waals surface area contributed by atoms with Crippen LogP contribution >= 0.6 is 11.3 Å². The van der Waals surface area contributed by atoms with Gasteiger partial charge in [-0.3, -0.25) is 0 Å². The number of aryl methyl sites for hydroxylation is 1. The molecule has 106 valence electrons. The first kappa shape index (κ1) is 14.6. The van der Waals surface area contributed by atoms with Crippen molar-refractivity contribution in [3.63, 3.8) is 0 Å². The topological polar surface area (TPSA) is 84.3 Å². The number of carboxylic acid groups (broad SMARTS) is 1. The lowest BCUT2D eigenvalue weighted by molar-refractivity contribution is 0.0696. The van der Waals surface area contributed by atoms with Crippen LogP contribution in [-0.2, 0) is 15.6 Å². The number of halogens is 1. The second-order valence-corrected chi connectivity index (χ2v) is 7.33. The third kappa shape index (κ3) is 3.02. The Morgan fingerprint density at radius 3 is 2.65 bits per heavy atom. The zero-order valence-corrected chi connectivity index (χ0v) is 12.0. The highest BCUT2D eigenvalue weighted by Gasteiger charge is 2.22. The standard InChI is InChI=1S/C12H10FNO4S2/c1-7-14-5-9(19-7)6-20(17,18)11-3-2-8(12(15)16)4-10(11)13/h2-5H,6H2,1H3,(H,15,16). The van der Waals surface area contributed by atoms with Crippen LogP contribution in [0.5, 0.6) is 0 Å². The van der Waals surface area contributed by atoms with E-state index < -0.39 is 26.5 Å². The Hall–Kier alpha value is -1.80. The second-order valence-electron chi connectivity index (χ2n) is 4.06. The molecule has 2 aromatic rings. The monoisotopic (exact) mass is 315 g/mol. The molecule has 0 fully saturated rings. The van der Waals surface area contributed by atoms with E-state index in [0.29, 0.717) is 10.9 Å². The quantitative estimate of drug-likeness (QED) is 0.935. The maximum absolute atomic E-state index is 13.8. The van der Waals surface area contributed by atoms with Crippen LogP contribution in [0.2, 0.25) is 0 Å². The summed E-state index contributed by atoms with van der Waals surface area (Å²) in [6.07, 6.45) is 1.43. The summed E-state index contributed by atoms with van der Waals surface area (Å²) >= 11 is 1.22. The van der Waals surface area contributed by atoms with Gasteiger partial charge in [0, 0.05) is 11.1 Å². The maximum atomic E-state index is 13.8. The molecule has 0 unspecified atom stereocenters. The van der Waals surface area contributed by atoms with Gasteiger partial charge in [-0.25, -0.2) is 22.6 Å². The van der Waals surface area contributed by atoms with Crippen LogP contribution in [0, 0.1) is 12.7 Å². The Balaban J connectivity index is 2.37. The molecule has 0 aliphatic carbocycles. The number of aromatic carboxylic acids is 1. The Bertz CT molecular complexity index is 768. The van der Waals surface area contributed by atoms with Gasteiger partial charge in [-0.1, -0.05) is 0 Å². The molecule has 0 saturated heterocycles. The first-order chi connectivity index (χ1) is 9.29. The number of sulfone groups is 1. The van der Waals surface area contributed by atoms with E-state index in [1.54, 1.807) is 6.92 Å². The number of hydrogen-bond acceptors (Lipinski definition) is 5. The summed E-state index contributed by atoms with van der Waals surface area (Å²) in [5, 5.41) is 9.44. The minimum atomic E-state index is -3.87. The summed E-state index contributed by atoms with van der Waals surface area (Å²) in [5.41, 5.74) is -0.296. The van der Waals surface area contributed by atoms with Gasteiger partial charge in [0.05, 0.1) is 16.3 Å². The molecule has 0 amide bonds. The maximum Gasteiger partial charge on any atom is 0.335 e. The highest BCUT2D eigenvalue weighted by atomic mass is 32.2. The van der Waals surface area contributed by atoms with Gasteiger partial charge >= 0.3 is 5.97 Å². The van der Waals surface area contributed by atoms with E-state index in [1.165, 1.54) is 17.5 Å². The first-order valence-corrected chi connectivity index (χ1v) is 7.93. The van der Waals surface area contributed by atoms with Crippen molar-refractivity contribution in [3.8, 4) is 0 Å². The van der Waals surface area contributed by atoms with Gasteiger partial charge in [-0.15, -0.1) is 11.3 Å². The predicted molar refractivity (Wildman–Crippen MR) is 71.1 cm³/mol. The minimum absolute atomic E-state index is 0.296. The van der Waals surface area contributed by atoms with Gasteiger partial charge in [0.2, 0.25) is 0 Å². The molecule has 1 aromatic heterocycles. The van der Waals surface area contributed by atoms with E-state index >= 15 is 0 Å². The van der Waals surface area contributed by atoms with Crippen molar-refractivity contribution < 1.29 is 22.7 Å². The smallest absolute Gasteiger partial charge is 0.335 e. The van der Waals surface area contributed by atoms with Crippen LogP contribution in [0.4, 0.5) is 4.39 Å². The summed E-state index contributed by atoms with van der Waals surface area (Å²) in [6.45, 7) is 1.74. The molecule has 0 spiro atoms. The number of rotatable bonds is 4. The highest BCUT2D eigenvalue weighted by molar-refractivity contribution is 7.90. The second kappa shape index (κ2) is 5.29. The molecule has 0 atom stereocenters. The summed E-state index contributed by atoms with van der Waals surface area (Å²) in [6, 6.07) is 2.74. The number of carboxylic acids is 1. The van der Waals surface area contributed by atoms with E-state index in [1.807, 2.05) is 0 Å². The van der Waals surface area contributed by atoms with Crippen molar-refractivity contribution in [2.45, 2.75) is 17.6 Å². The van der Waals surface area contributed by atoms with Crippen molar-refractivity contribution in [2.75, 3.05) is 0 Å². The molecule has 1 heterocycles. The molecule has 20 heavy (non-hydrogen) atoms. The summed E-state index contributed by atoms with van der Waals surface area (Å²) < 4.78 is 38.0. The number of hydrogen-bond donors (Lipinski definition) is 1. The van der Waals surface area contributed by atoms with Gasteiger partial charge in [-0.2, -0.15) is 0 Å². The molecule has 1 N–H and O–H groups in total. The zero-order chi connectivity index (χ0) is 14.9. The fourth-order valence-electron chi connectivity index (χ4n) is 1.62. The summed E-state index contributed by atoms with van der Waals surface area (Å²) in [7, 11) is -3.87. The fraction of sp³-hybridized carbons (Fsp3) is 0.167. The third-order valence-corrected chi connectivity index (χ3v) is 5.30. The average molecular weight is 315 g/mol. The molecule has 0 aliphatic heterocycles. The van der Waals surface area contributed by atoms with Gasteiger partial charge in [-0.05, 0) is 25.1 Å². The number of benzene rings is 1. The van der Waals surface area contributed by atoms with Crippen LogP contribution in [0.3, 0.4) is 0 Å². The number of thiazole rings is 1. The highest BCUT2D eigenvalue weighted by Crippen LogP contribution is 2.23. The van der Waals surface area contributed by atoms with Crippen molar-refractivity contribution in [1.29, 1.82) is 0 Å². The SMILES string of the molecule is Cc1ncc(CS(=O)(=O)c2ccc(C(=O)O)cc2F)s1. The van der Waals surface area contributed by atoms with E-state index in [4.69, 9.17) is 5.11 Å². The number of carbonyl (C=O) groups is 1. The minimum Gasteiger partial charge on any atom is -0.478 e. The van der Waals surface area contributed by atoms with Gasteiger partial charge < -0.3 is 5.11 Å². The molecule has 0 aliphatic rings. The van der Waals surface area contributed by atoms with Crippen molar-refractivity contribution in [3.05, 3.63) is 45.7 Å². The Morgan fingerprint density at radius 1 is 1.45 bits per heavy atom. The lowest BCUT2D eigenvalue weighted by atomic mass is 10.2. The molecule has 2 rings (SSSR count). The summed E-state index contributed by atoms with van der Waals surface area (Å²) in [4.78, 5) is 14.6. The summed E-state index contributed by atoms with van der Waals surface area (Å²) in [5.74, 6) is -2.74. The van der Waals surface area contributed by atoms with Crippen molar-refractivity contribution >= 4 is 27.1 Å². The van der Waals surface area contributed by atoms with Crippen molar-refractivity contribution in [2.24, 2.45) is 0 Å². The van der Waals surface area contributed by atoms with Gasteiger partial charge in [0.15, 0.2) is 9.84 Å². The zero-order valence-electron chi connectivity index (χ0n) is 10.3. The largest absolute Gasteiger partial charge is 0.478 e. The van der Waals surface area contributed by atoms with Crippen LogP contribution in [0.15, 0.2) is 29.3 Å². The van der Waals surface area contributed by atoms with Crippen LogP contribution in [-0.4, -0.2) is 24.5 Å². The van der Waals surface area contributed by atoms with E-state index in [2.05, 4.69) is 4.98 Å².